The number of aromatic nitrogens is 2. The van der Waals surface area contributed by atoms with Crippen LogP contribution in [0.5, 0.6) is 0 Å². The van der Waals surface area contributed by atoms with Crippen molar-refractivity contribution in [2.24, 2.45) is 0 Å². The van der Waals surface area contributed by atoms with Gasteiger partial charge >= 0.3 is 5.82 Å². The Morgan fingerprint density at radius 3 is 3.00 bits per heavy atom. The van der Waals surface area contributed by atoms with Crippen LogP contribution in [0.15, 0.2) is 12.3 Å². The Morgan fingerprint density at radius 2 is 2.50 bits per heavy atom. The number of nitrogens with one attached hydrogen (secondary N) is 1. The van der Waals surface area contributed by atoms with E-state index in [9.17, 15) is 14.9 Å². The molecule has 1 atom stereocenters. The molecule has 0 bridgehead atoms. The largest absolute Gasteiger partial charge is 0.392 e. The van der Waals surface area contributed by atoms with E-state index in [1.807, 2.05) is 0 Å². The molecule has 0 unspecified atom stereocenters. The van der Waals surface area contributed by atoms with Crippen molar-refractivity contribution in [1.29, 1.82) is 0 Å². The summed E-state index contributed by atoms with van der Waals surface area (Å²) in [5, 5.41) is 25.2. The number of aliphatic hydroxyl groups excluding tert-OH is 1. The van der Waals surface area contributed by atoms with Gasteiger partial charge in [-0.3, -0.25) is 4.79 Å². The molecule has 0 spiro atoms. The fourth-order valence-corrected chi connectivity index (χ4v) is 1.00. The van der Waals surface area contributed by atoms with Gasteiger partial charge in [-0.15, -0.1) is 0 Å². The summed E-state index contributed by atoms with van der Waals surface area (Å²) in [7, 11) is 0. The lowest BCUT2D eigenvalue weighted by atomic mass is 10.4. The third kappa shape index (κ3) is 3.65. The molecule has 2 N–H and O–H groups in total. The molecule has 8 heteroatoms. The molecule has 0 aromatic carbocycles. The van der Waals surface area contributed by atoms with E-state index in [0.717, 1.165) is 4.68 Å². The second-order valence-electron chi connectivity index (χ2n) is 3.28. The van der Waals surface area contributed by atoms with Crippen molar-refractivity contribution in [1.82, 2.24) is 15.1 Å². The Hall–Kier alpha value is -1.96. The molecular weight excluding hydrogens is 216 g/mol. The maximum atomic E-state index is 11.2. The van der Waals surface area contributed by atoms with E-state index in [0.29, 0.717) is 0 Å². The minimum absolute atomic E-state index is 0.111. The summed E-state index contributed by atoms with van der Waals surface area (Å²) in [5.41, 5.74) is 0. The van der Waals surface area contributed by atoms with Crippen LogP contribution in [-0.4, -0.2) is 38.4 Å². The minimum Gasteiger partial charge on any atom is -0.392 e. The normalized spacial score (nSPS) is 12.1. The molecule has 0 saturated carbocycles. The molecule has 0 fully saturated rings. The van der Waals surface area contributed by atoms with Gasteiger partial charge in [0.05, 0.1) is 23.5 Å². The van der Waals surface area contributed by atoms with Crippen molar-refractivity contribution in [3.05, 3.63) is 22.4 Å². The zero-order chi connectivity index (χ0) is 12.1. The lowest BCUT2D eigenvalue weighted by Gasteiger charge is -2.05. The number of carbonyl (C=O) groups is 1. The molecule has 0 aliphatic rings. The molecule has 0 saturated heterocycles. The topological polar surface area (TPSA) is 110 Å². The van der Waals surface area contributed by atoms with Gasteiger partial charge in [-0.1, -0.05) is 0 Å². The first-order valence-electron chi connectivity index (χ1n) is 4.61. The molecule has 0 radical (unpaired) electrons. The van der Waals surface area contributed by atoms with Gasteiger partial charge < -0.3 is 20.5 Å². The third-order valence-electron chi connectivity index (χ3n) is 1.71. The molecule has 88 valence electrons. The standard InChI is InChI=1S/C8H12N4O4/c1-6(13)4-9-8(14)5-11-3-2-7(10-11)12(15)16/h2-3,6,13H,4-5H2,1H3,(H,9,14)/t6-/m1/s1. The highest BCUT2D eigenvalue weighted by Crippen LogP contribution is 2.04. The third-order valence-corrected chi connectivity index (χ3v) is 1.71. The molecule has 0 aliphatic carbocycles. The summed E-state index contributed by atoms with van der Waals surface area (Å²) in [6.07, 6.45) is 0.719. The quantitative estimate of drug-likeness (QED) is 0.510. The maximum absolute atomic E-state index is 11.2. The van der Waals surface area contributed by atoms with Crippen LogP contribution in [0, 0.1) is 10.1 Å². The smallest absolute Gasteiger partial charge is 0.389 e. The van der Waals surface area contributed by atoms with E-state index < -0.39 is 11.0 Å². The lowest BCUT2D eigenvalue weighted by Crippen LogP contribution is -2.33. The van der Waals surface area contributed by atoms with Crippen LogP contribution in [0.25, 0.3) is 0 Å². The number of amides is 1. The number of aliphatic hydroxyl groups is 1. The highest BCUT2D eigenvalue weighted by molar-refractivity contribution is 5.75. The summed E-state index contributed by atoms with van der Waals surface area (Å²) in [5.74, 6) is -0.665. The van der Waals surface area contributed by atoms with Gasteiger partial charge in [0.15, 0.2) is 0 Å². The fraction of sp³-hybridized carbons (Fsp3) is 0.500. The van der Waals surface area contributed by atoms with Crippen molar-refractivity contribution in [3.63, 3.8) is 0 Å². The summed E-state index contributed by atoms with van der Waals surface area (Å²) in [6, 6.07) is 1.21. The number of hydrogen-bond acceptors (Lipinski definition) is 5. The van der Waals surface area contributed by atoms with Crippen molar-refractivity contribution in [2.75, 3.05) is 6.54 Å². The monoisotopic (exact) mass is 228 g/mol. The number of rotatable bonds is 5. The predicted octanol–water partition coefficient (Wildman–Crippen LogP) is -0.712. The molecule has 1 aromatic heterocycles. The predicted molar refractivity (Wildman–Crippen MR) is 53.6 cm³/mol. The van der Waals surface area contributed by atoms with Gasteiger partial charge in [-0.25, -0.2) is 0 Å². The summed E-state index contributed by atoms with van der Waals surface area (Å²) in [6.45, 7) is 1.57. The summed E-state index contributed by atoms with van der Waals surface area (Å²) < 4.78 is 1.16. The Labute approximate surface area is 91.0 Å². The van der Waals surface area contributed by atoms with E-state index in [1.54, 1.807) is 6.92 Å². The molecule has 1 aromatic rings. The Balaban J connectivity index is 2.46. The molecule has 1 heterocycles. The minimum atomic E-state index is -0.635. The van der Waals surface area contributed by atoms with E-state index in [-0.39, 0.29) is 24.8 Å². The van der Waals surface area contributed by atoms with Gasteiger partial charge in [0.25, 0.3) is 0 Å². The fourth-order valence-electron chi connectivity index (χ4n) is 1.00. The van der Waals surface area contributed by atoms with E-state index >= 15 is 0 Å². The van der Waals surface area contributed by atoms with Crippen molar-refractivity contribution < 1.29 is 14.8 Å². The van der Waals surface area contributed by atoms with Crippen LogP contribution in [0.3, 0.4) is 0 Å². The molecule has 1 amide bonds. The maximum Gasteiger partial charge on any atom is 0.389 e. The lowest BCUT2D eigenvalue weighted by molar-refractivity contribution is -0.389. The molecule has 0 aliphatic heterocycles. The van der Waals surface area contributed by atoms with Crippen LogP contribution in [0.4, 0.5) is 5.82 Å². The van der Waals surface area contributed by atoms with Crippen LogP contribution in [0.2, 0.25) is 0 Å². The number of hydrogen-bond donors (Lipinski definition) is 2. The van der Waals surface area contributed by atoms with E-state index in [4.69, 9.17) is 5.11 Å². The van der Waals surface area contributed by atoms with Gasteiger partial charge in [0.1, 0.15) is 6.54 Å². The first-order chi connectivity index (χ1) is 7.49. The SMILES string of the molecule is C[C@@H](O)CNC(=O)Cn1ccc([N+](=O)[O-])n1. The van der Waals surface area contributed by atoms with Crippen molar-refractivity contribution in [2.45, 2.75) is 19.6 Å². The molecule has 1 rings (SSSR count). The van der Waals surface area contributed by atoms with Gasteiger partial charge in [-0.2, -0.15) is 4.68 Å². The second kappa shape index (κ2) is 5.21. The summed E-state index contributed by atoms with van der Waals surface area (Å²) >= 11 is 0. The number of carbonyl (C=O) groups excluding carboxylic acids is 1. The second-order valence-corrected chi connectivity index (χ2v) is 3.28. The number of nitro groups is 1. The molecule has 16 heavy (non-hydrogen) atoms. The average Bonchev–Trinajstić information content (AvgIpc) is 2.63. The zero-order valence-corrected chi connectivity index (χ0v) is 8.66. The van der Waals surface area contributed by atoms with Crippen LogP contribution in [-0.2, 0) is 11.3 Å². The van der Waals surface area contributed by atoms with E-state index in [1.165, 1.54) is 12.3 Å². The van der Waals surface area contributed by atoms with Crippen LogP contribution in [0.1, 0.15) is 6.92 Å². The first-order valence-corrected chi connectivity index (χ1v) is 4.61. The zero-order valence-electron chi connectivity index (χ0n) is 8.66. The molecule has 8 nitrogen and oxygen atoms in total. The highest BCUT2D eigenvalue weighted by atomic mass is 16.6. The van der Waals surface area contributed by atoms with E-state index in [2.05, 4.69) is 10.4 Å². The summed E-state index contributed by atoms with van der Waals surface area (Å²) in [4.78, 5) is 20.9. The van der Waals surface area contributed by atoms with Crippen molar-refractivity contribution in [3.8, 4) is 0 Å². The Morgan fingerprint density at radius 1 is 1.81 bits per heavy atom. The average molecular weight is 228 g/mol. The van der Waals surface area contributed by atoms with Crippen LogP contribution >= 0.6 is 0 Å². The Kier molecular flexibility index (Phi) is 3.95. The van der Waals surface area contributed by atoms with Gasteiger partial charge in [0.2, 0.25) is 5.91 Å². The Bertz CT molecular complexity index is 387. The van der Waals surface area contributed by atoms with Crippen molar-refractivity contribution >= 4 is 11.7 Å². The van der Waals surface area contributed by atoms with Gasteiger partial charge in [-0.05, 0) is 11.8 Å². The van der Waals surface area contributed by atoms with Crippen LogP contribution < -0.4 is 5.32 Å². The first kappa shape index (κ1) is 12.1. The number of nitrogens with zero attached hydrogens (tertiary/aromatic N) is 3. The van der Waals surface area contributed by atoms with Gasteiger partial charge in [0, 0.05) is 6.54 Å². The molecular formula is C8H12N4O4. The highest BCUT2D eigenvalue weighted by Gasteiger charge is 2.13.